The van der Waals surface area contributed by atoms with Gasteiger partial charge < -0.3 is 5.73 Å². The molecule has 2 N–H and O–H groups in total. The second kappa shape index (κ2) is 6.70. The van der Waals surface area contributed by atoms with Gasteiger partial charge in [0.15, 0.2) is 0 Å². The predicted molar refractivity (Wildman–Crippen MR) is 83.5 cm³/mol. The predicted octanol–water partition coefficient (Wildman–Crippen LogP) is 2.07. The molecule has 0 bridgehead atoms. The molecule has 0 aromatic heterocycles. The van der Waals surface area contributed by atoms with Crippen molar-refractivity contribution in [2.45, 2.75) is 44.3 Å². The molecule has 1 heterocycles. The van der Waals surface area contributed by atoms with Crippen LogP contribution in [0.5, 0.6) is 0 Å². The molecule has 3 rings (SSSR count). The molecule has 1 aliphatic carbocycles. The number of hydrogen-bond acceptors (Lipinski definition) is 3. The van der Waals surface area contributed by atoms with Crippen LogP contribution in [0, 0.1) is 0 Å². The molecule has 20 heavy (non-hydrogen) atoms. The Kier molecular flexibility index (Phi) is 4.71. The second-order valence-corrected chi connectivity index (χ2v) is 6.31. The Morgan fingerprint density at radius 3 is 2.35 bits per heavy atom. The molecule has 2 aliphatic rings. The van der Waals surface area contributed by atoms with E-state index in [2.05, 4.69) is 40.1 Å². The van der Waals surface area contributed by atoms with Gasteiger partial charge in [-0.3, -0.25) is 9.80 Å². The van der Waals surface area contributed by atoms with E-state index < -0.39 is 0 Å². The molecule has 0 amide bonds. The van der Waals surface area contributed by atoms with Crippen LogP contribution in [0.3, 0.4) is 0 Å². The Morgan fingerprint density at radius 2 is 1.65 bits per heavy atom. The summed E-state index contributed by atoms with van der Waals surface area (Å²) in [4.78, 5) is 5.21. The van der Waals surface area contributed by atoms with Gasteiger partial charge in [-0.1, -0.05) is 43.2 Å². The maximum absolute atomic E-state index is 6.31. The Morgan fingerprint density at radius 1 is 0.950 bits per heavy atom. The molecule has 1 saturated carbocycles. The highest BCUT2D eigenvalue weighted by Crippen LogP contribution is 2.23. The first kappa shape index (κ1) is 14.1. The first-order valence-electron chi connectivity index (χ1n) is 8.09. The van der Waals surface area contributed by atoms with Crippen molar-refractivity contribution in [1.82, 2.24) is 9.80 Å². The fraction of sp³-hybridized carbons (Fsp3) is 0.647. The van der Waals surface area contributed by atoms with E-state index in [-0.39, 0.29) is 0 Å². The topological polar surface area (TPSA) is 32.5 Å². The molecule has 110 valence electrons. The fourth-order valence-corrected chi connectivity index (χ4v) is 3.69. The Hall–Kier alpha value is -0.900. The fourth-order valence-electron chi connectivity index (χ4n) is 3.69. The van der Waals surface area contributed by atoms with Crippen molar-refractivity contribution in [3.8, 4) is 0 Å². The van der Waals surface area contributed by atoms with E-state index >= 15 is 0 Å². The SMILES string of the molecule is N[C@H]1CCCC[C@@H]1N1CCN(Cc2ccccc2)CC1. The molecule has 2 fully saturated rings. The normalized spacial score (nSPS) is 29.4. The highest BCUT2D eigenvalue weighted by molar-refractivity contribution is 5.14. The molecule has 3 heteroatoms. The van der Waals surface area contributed by atoms with Crippen LogP contribution < -0.4 is 5.73 Å². The van der Waals surface area contributed by atoms with Gasteiger partial charge in [0, 0.05) is 44.8 Å². The molecular weight excluding hydrogens is 246 g/mol. The Labute approximate surface area is 122 Å². The summed E-state index contributed by atoms with van der Waals surface area (Å²) in [6.07, 6.45) is 5.21. The summed E-state index contributed by atoms with van der Waals surface area (Å²) in [7, 11) is 0. The van der Waals surface area contributed by atoms with E-state index in [4.69, 9.17) is 5.73 Å². The Bertz CT molecular complexity index is 398. The van der Waals surface area contributed by atoms with Gasteiger partial charge in [-0.15, -0.1) is 0 Å². The summed E-state index contributed by atoms with van der Waals surface area (Å²) >= 11 is 0. The van der Waals surface area contributed by atoms with Crippen molar-refractivity contribution in [1.29, 1.82) is 0 Å². The molecule has 0 radical (unpaired) electrons. The zero-order valence-corrected chi connectivity index (χ0v) is 12.4. The minimum absolute atomic E-state index is 0.407. The molecule has 2 atom stereocenters. The molecular formula is C17H27N3. The maximum Gasteiger partial charge on any atom is 0.0248 e. The Balaban J connectivity index is 1.49. The van der Waals surface area contributed by atoms with Crippen LogP contribution in [0.1, 0.15) is 31.2 Å². The lowest BCUT2D eigenvalue weighted by molar-refractivity contribution is 0.0663. The highest BCUT2D eigenvalue weighted by Gasteiger charge is 2.29. The summed E-state index contributed by atoms with van der Waals surface area (Å²) < 4.78 is 0. The molecule has 1 aromatic carbocycles. The first-order chi connectivity index (χ1) is 9.83. The third-order valence-corrected chi connectivity index (χ3v) is 4.91. The number of benzene rings is 1. The molecule has 1 saturated heterocycles. The molecule has 0 unspecified atom stereocenters. The lowest BCUT2D eigenvalue weighted by Gasteiger charge is -2.43. The minimum atomic E-state index is 0.407. The number of rotatable bonds is 3. The standard InChI is InChI=1S/C17H27N3/c18-16-8-4-5-9-17(16)20-12-10-19(11-13-20)14-15-6-2-1-3-7-15/h1-3,6-7,16-17H,4-5,8-14,18H2/t16-,17-/m0/s1. The second-order valence-electron chi connectivity index (χ2n) is 6.31. The van der Waals surface area contributed by atoms with E-state index in [0.29, 0.717) is 12.1 Å². The molecule has 0 spiro atoms. The van der Waals surface area contributed by atoms with Gasteiger partial charge in [0.05, 0.1) is 0 Å². The maximum atomic E-state index is 6.31. The summed E-state index contributed by atoms with van der Waals surface area (Å²) in [6, 6.07) is 11.9. The van der Waals surface area contributed by atoms with Crippen LogP contribution in [0.4, 0.5) is 0 Å². The average molecular weight is 273 g/mol. The van der Waals surface area contributed by atoms with Crippen molar-refractivity contribution in [2.24, 2.45) is 5.73 Å². The lowest BCUT2D eigenvalue weighted by atomic mass is 9.89. The zero-order valence-electron chi connectivity index (χ0n) is 12.4. The van der Waals surface area contributed by atoms with Crippen LogP contribution in [-0.4, -0.2) is 48.1 Å². The number of nitrogens with two attached hydrogens (primary N) is 1. The number of piperazine rings is 1. The molecule has 3 nitrogen and oxygen atoms in total. The minimum Gasteiger partial charge on any atom is -0.326 e. The summed E-state index contributed by atoms with van der Waals surface area (Å²) in [5.41, 5.74) is 7.74. The van der Waals surface area contributed by atoms with Crippen molar-refractivity contribution >= 4 is 0 Å². The summed E-state index contributed by atoms with van der Waals surface area (Å²) in [5.74, 6) is 0. The van der Waals surface area contributed by atoms with Crippen LogP contribution in [0.15, 0.2) is 30.3 Å². The lowest BCUT2D eigenvalue weighted by Crippen LogP contribution is -2.56. The number of nitrogens with zero attached hydrogens (tertiary/aromatic N) is 2. The van der Waals surface area contributed by atoms with Crippen LogP contribution >= 0.6 is 0 Å². The molecule has 1 aliphatic heterocycles. The van der Waals surface area contributed by atoms with Gasteiger partial charge in [0.1, 0.15) is 0 Å². The average Bonchev–Trinajstić information content (AvgIpc) is 2.50. The van der Waals surface area contributed by atoms with Crippen molar-refractivity contribution < 1.29 is 0 Å². The van der Waals surface area contributed by atoms with Gasteiger partial charge in [-0.05, 0) is 18.4 Å². The summed E-state index contributed by atoms with van der Waals surface area (Å²) in [6.45, 7) is 5.82. The van der Waals surface area contributed by atoms with Gasteiger partial charge in [0.2, 0.25) is 0 Å². The molecule has 1 aromatic rings. The third kappa shape index (κ3) is 3.40. The first-order valence-corrected chi connectivity index (χ1v) is 8.09. The summed E-state index contributed by atoms with van der Waals surface area (Å²) in [5, 5.41) is 0. The van der Waals surface area contributed by atoms with E-state index in [1.54, 1.807) is 0 Å². The third-order valence-electron chi connectivity index (χ3n) is 4.91. The van der Waals surface area contributed by atoms with Gasteiger partial charge in [-0.25, -0.2) is 0 Å². The zero-order chi connectivity index (χ0) is 13.8. The number of hydrogen-bond donors (Lipinski definition) is 1. The van der Waals surface area contributed by atoms with Crippen molar-refractivity contribution in [3.63, 3.8) is 0 Å². The van der Waals surface area contributed by atoms with Gasteiger partial charge in [0.25, 0.3) is 0 Å². The van der Waals surface area contributed by atoms with Crippen LogP contribution in [0.2, 0.25) is 0 Å². The van der Waals surface area contributed by atoms with E-state index in [1.807, 2.05) is 0 Å². The van der Waals surface area contributed by atoms with E-state index in [1.165, 1.54) is 57.4 Å². The highest BCUT2D eigenvalue weighted by atomic mass is 15.3. The van der Waals surface area contributed by atoms with Crippen LogP contribution in [-0.2, 0) is 6.54 Å². The smallest absolute Gasteiger partial charge is 0.0248 e. The largest absolute Gasteiger partial charge is 0.326 e. The monoisotopic (exact) mass is 273 g/mol. The van der Waals surface area contributed by atoms with Gasteiger partial charge >= 0.3 is 0 Å². The van der Waals surface area contributed by atoms with E-state index in [0.717, 1.165) is 6.54 Å². The van der Waals surface area contributed by atoms with Crippen molar-refractivity contribution in [2.75, 3.05) is 26.2 Å². The quantitative estimate of drug-likeness (QED) is 0.915. The van der Waals surface area contributed by atoms with Gasteiger partial charge in [-0.2, -0.15) is 0 Å². The van der Waals surface area contributed by atoms with Crippen molar-refractivity contribution in [3.05, 3.63) is 35.9 Å². The van der Waals surface area contributed by atoms with E-state index in [9.17, 15) is 0 Å². The van der Waals surface area contributed by atoms with Crippen LogP contribution in [0.25, 0.3) is 0 Å².